The number of pyridine rings is 2. The van der Waals surface area contributed by atoms with E-state index < -0.39 is 5.97 Å². The van der Waals surface area contributed by atoms with Gasteiger partial charge < -0.3 is 9.47 Å². The van der Waals surface area contributed by atoms with Crippen molar-refractivity contribution in [2.45, 2.75) is 20.5 Å². The Hall–Kier alpha value is -2.95. The molecule has 1 aromatic carbocycles. The van der Waals surface area contributed by atoms with Crippen LogP contribution in [-0.4, -0.2) is 22.5 Å². The minimum atomic E-state index is -0.397. The molecule has 0 N–H and O–H groups in total. The summed E-state index contributed by atoms with van der Waals surface area (Å²) in [6.07, 6.45) is 0. The van der Waals surface area contributed by atoms with E-state index in [4.69, 9.17) is 9.47 Å². The molecule has 0 saturated carbocycles. The molecule has 3 rings (SSSR count). The molecule has 0 saturated heterocycles. The summed E-state index contributed by atoms with van der Waals surface area (Å²) >= 11 is 0. The molecule has 0 atom stereocenters. The average Bonchev–Trinajstić information content (AvgIpc) is 2.59. The van der Waals surface area contributed by atoms with Gasteiger partial charge in [-0.3, -0.25) is 0 Å². The molecule has 0 aliphatic rings. The highest BCUT2D eigenvalue weighted by Gasteiger charge is 2.16. The number of esters is 1. The Morgan fingerprint density at radius 1 is 1.08 bits per heavy atom. The van der Waals surface area contributed by atoms with Crippen LogP contribution < -0.4 is 4.74 Å². The summed E-state index contributed by atoms with van der Waals surface area (Å²) in [5, 5.41) is 0.887. The maximum absolute atomic E-state index is 12.2. The van der Waals surface area contributed by atoms with Crippen molar-refractivity contribution in [3.05, 3.63) is 65.5 Å². The molecule has 24 heavy (non-hydrogen) atoms. The third-order valence-corrected chi connectivity index (χ3v) is 3.52. The number of rotatable bonds is 5. The van der Waals surface area contributed by atoms with Crippen molar-refractivity contribution in [2.24, 2.45) is 0 Å². The lowest BCUT2D eigenvalue weighted by atomic mass is 10.1. The molecule has 122 valence electrons. The zero-order chi connectivity index (χ0) is 16.9. The Morgan fingerprint density at radius 3 is 2.71 bits per heavy atom. The normalized spacial score (nSPS) is 10.6. The molecule has 0 bridgehead atoms. The minimum Gasteiger partial charge on any atom is -0.471 e. The summed E-state index contributed by atoms with van der Waals surface area (Å²) in [6.45, 7) is 4.13. The number of carbonyl (C=O) groups is 1. The maximum atomic E-state index is 12.2. The van der Waals surface area contributed by atoms with Crippen molar-refractivity contribution in [3.8, 4) is 5.88 Å². The van der Waals surface area contributed by atoms with Crippen LogP contribution in [0.3, 0.4) is 0 Å². The van der Waals surface area contributed by atoms with E-state index in [1.165, 1.54) is 0 Å². The summed E-state index contributed by atoms with van der Waals surface area (Å²) in [5.41, 5.74) is 2.63. The van der Waals surface area contributed by atoms with Gasteiger partial charge in [0.05, 0.1) is 23.4 Å². The molecule has 2 heterocycles. The molecule has 5 heteroatoms. The van der Waals surface area contributed by atoms with Crippen molar-refractivity contribution in [2.75, 3.05) is 6.61 Å². The van der Waals surface area contributed by atoms with Gasteiger partial charge in [-0.05, 0) is 32.0 Å². The zero-order valence-electron chi connectivity index (χ0n) is 13.7. The molecule has 0 spiro atoms. The van der Waals surface area contributed by atoms with Crippen molar-refractivity contribution in [1.82, 2.24) is 9.97 Å². The van der Waals surface area contributed by atoms with E-state index in [0.29, 0.717) is 23.7 Å². The predicted octanol–water partition coefficient (Wildman–Crippen LogP) is 3.69. The molecule has 0 fully saturated rings. The van der Waals surface area contributed by atoms with Crippen molar-refractivity contribution in [3.63, 3.8) is 0 Å². The SMILES string of the molecule is CCOC(=O)c1cc2ccccc2nc1COc1cccc(C)n1. The lowest BCUT2D eigenvalue weighted by Crippen LogP contribution is -2.12. The standard InChI is InChI=1S/C19H18N2O3/c1-3-23-19(22)15-11-14-8-4-5-9-16(14)21-17(15)12-24-18-10-6-7-13(2)20-18/h4-11H,3,12H2,1-2H3. The van der Waals surface area contributed by atoms with Gasteiger partial charge in [0.1, 0.15) is 6.61 Å². The van der Waals surface area contributed by atoms with Crippen LogP contribution >= 0.6 is 0 Å². The third-order valence-electron chi connectivity index (χ3n) is 3.52. The number of nitrogens with zero attached hydrogens (tertiary/aromatic N) is 2. The van der Waals surface area contributed by atoms with E-state index >= 15 is 0 Å². The molecular formula is C19H18N2O3. The number of para-hydroxylation sites is 1. The summed E-state index contributed by atoms with van der Waals surface area (Å²) < 4.78 is 10.8. The molecule has 0 aliphatic heterocycles. The summed E-state index contributed by atoms with van der Waals surface area (Å²) in [7, 11) is 0. The number of benzene rings is 1. The molecule has 0 aliphatic carbocycles. The summed E-state index contributed by atoms with van der Waals surface area (Å²) in [6, 6.07) is 15.0. The van der Waals surface area contributed by atoms with Crippen LogP contribution in [-0.2, 0) is 11.3 Å². The van der Waals surface area contributed by atoms with Gasteiger partial charge >= 0.3 is 5.97 Å². The predicted molar refractivity (Wildman–Crippen MR) is 91.0 cm³/mol. The van der Waals surface area contributed by atoms with E-state index in [2.05, 4.69) is 9.97 Å². The molecule has 5 nitrogen and oxygen atoms in total. The zero-order valence-corrected chi connectivity index (χ0v) is 13.7. The Morgan fingerprint density at radius 2 is 1.92 bits per heavy atom. The van der Waals surface area contributed by atoms with Crippen LogP contribution in [0.15, 0.2) is 48.5 Å². The van der Waals surface area contributed by atoms with Crippen LogP contribution in [0.25, 0.3) is 10.9 Å². The van der Waals surface area contributed by atoms with E-state index in [1.54, 1.807) is 19.1 Å². The van der Waals surface area contributed by atoms with Crippen LogP contribution in [0.2, 0.25) is 0 Å². The van der Waals surface area contributed by atoms with E-state index in [0.717, 1.165) is 16.6 Å². The smallest absolute Gasteiger partial charge is 0.340 e. The number of carbonyl (C=O) groups excluding carboxylic acids is 1. The van der Waals surface area contributed by atoms with Crippen molar-refractivity contribution in [1.29, 1.82) is 0 Å². The first-order valence-corrected chi connectivity index (χ1v) is 7.79. The van der Waals surface area contributed by atoms with Gasteiger partial charge in [-0.2, -0.15) is 0 Å². The lowest BCUT2D eigenvalue weighted by Gasteiger charge is -2.11. The van der Waals surface area contributed by atoms with Gasteiger partial charge in [-0.25, -0.2) is 14.8 Å². The second-order valence-electron chi connectivity index (χ2n) is 5.30. The maximum Gasteiger partial charge on any atom is 0.340 e. The van der Waals surface area contributed by atoms with Crippen molar-refractivity contribution < 1.29 is 14.3 Å². The molecule has 0 radical (unpaired) electrons. The first kappa shape index (κ1) is 15.9. The van der Waals surface area contributed by atoms with Crippen molar-refractivity contribution >= 4 is 16.9 Å². The highest BCUT2D eigenvalue weighted by molar-refractivity contribution is 5.95. The minimum absolute atomic E-state index is 0.148. The first-order valence-electron chi connectivity index (χ1n) is 7.79. The number of hydrogen-bond donors (Lipinski definition) is 0. The van der Waals surface area contributed by atoms with Crippen LogP contribution in [0.4, 0.5) is 0 Å². The Labute approximate surface area is 140 Å². The topological polar surface area (TPSA) is 61.3 Å². The molecule has 0 amide bonds. The van der Waals surface area contributed by atoms with Crippen LogP contribution in [0.1, 0.15) is 28.7 Å². The van der Waals surface area contributed by atoms with Crippen LogP contribution in [0, 0.1) is 6.92 Å². The first-order chi connectivity index (χ1) is 11.7. The van der Waals surface area contributed by atoms with Gasteiger partial charge in [0, 0.05) is 17.1 Å². The molecule has 0 unspecified atom stereocenters. The second-order valence-corrected chi connectivity index (χ2v) is 5.30. The number of hydrogen-bond acceptors (Lipinski definition) is 5. The molecule has 3 aromatic rings. The number of aryl methyl sites for hydroxylation is 1. The highest BCUT2D eigenvalue weighted by atomic mass is 16.5. The fraction of sp³-hybridized carbons (Fsp3) is 0.211. The lowest BCUT2D eigenvalue weighted by molar-refractivity contribution is 0.0522. The van der Waals surface area contributed by atoms with Gasteiger partial charge in [-0.15, -0.1) is 0 Å². The van der Waals surface area contributed by atoms with Gasteiger partial charge in [0.2, 0.25) is 5.88 Å². The third kappa shape index (κ3) is 3.51. The Kier molecular flexibility index (Phi) is 4.70. The monoisotopic (exact) mass is 322 g/mol. The molecule has 2 aromatic heterocycles. The summed E-state index contributed by atoms with van der Waals surface area (Å²) in [4.78, 5) is 21.1. The second kappa shape index (κ2) is 7.08. The fourth-order valence-electron chi connectivity index (χ4n) is 2.39. The Bertz CT molecular complexity index is 877. The number of aromatic nitrogens is 2. The average molecular weight is 322 g/mol. The van der Waals surface area contributed by atoms with Gasteiger partial charge in [0.15, 0.2) is 0 Å². The summed E-state index contributed by atoms with van der Waals surface area (Å²) in [5.74, 6) is 0.103. The van der Waals surface area contributed by atoms with E-state index in [9.17, 15) is 4.79 Å². The fourth-order valence-corrected chi connectivity index (χ4v) is 2.39. The largest absolute Gasteiger partial charge is 0.471 e. The van der Waals surface area contributed by atoms with Crippen LogP contribution in [0.5, 0.6) is 5.88 Å². The highest BCUT2D eigenvalue weighted by Crippen LogP contribution is 2.19. The number of ether oxygens (including phenoxy) is 2. The van der Waals surface area contributed by atoms with E-state index in [-0.39, 0.29) is 6.61 Å². The van der Waals surface area contributed by atoms with E-state index in [1.807, 2.05) is 43.3 Å². The van der Waals surface area contributed by atoms with Gasteiger partial charge in [0.25, 0.3) is 0 Å². The Balaban J connectivity index is 1.94. The van der Waals surface area contributed by atoms with Gasteiger partial charge in [-0.1, -0.05) is 24.3 Å². The number of fused-ring (bicyclic) bond motifs is 1. The quantitative estimate of drug-likeness (QED) is 0.670. The molecular weight excluding hydrogens is 304 g/mol.